The molecule has 27 heavy (non-hydrogen) atoms. The van der Waals surface area contributed by atoms with Crippen molar-refractivity contribution >= 4 is 10.0 Å². The summed E-state index contributed by atoms with van der Waals surface area (Å²) in [5, 5.41) is 0. The highest BCUT2D eigenvalue weighted by atomic mass is 32.2. The van der Waals surface area contributed by atoms with Gasteiger partial charge in [-0.3, -0.25) is 0 Å². The molecule has 1 aliphatic carbocycles. The van der Waals surface area contributed by atoms with Crippen LogP contribution >= 0.6 is 0 Å². The third-order valence-corrected chi connectivity index (χ3v) is 8.44. The Hall–Kier alpha value is -1.65. The van der Waals surface area contributed by atoms with Crippen molar-refractivity contribution in [2.75, 3.05) is 6.54 Å². The minimum atomic E-state index is -3.49. The zero-order chi connectivity index (χ0) is 18.9. The Bertz CT molecular complexity index is 866. The lowest BCUT2D eigenvalue weighted by molar-refractivity contribution is 0.210. The zero-order valence-electron chi connectivity index (χ0n) is 16.1. The maximum absolute atomic E-state index is 13.6. The molecule has 1 aliphatic heterocycles. The van der Waals surface area contributed by atoms with Gasteiger partial charge >= 0.3 is 0 Å². The van der Waals surface area contributed by atoms with Gasteiger partial charge in [0, 0.05) is 12.1 Å². The average Bonchev–Trinajstić information content (AvgIpc) is 2.90. The smallest absolute Gasteiger partial charge is 0.207 e. The molecule has 0 amide bonds. The van der Waals surface area contributed by atoms with E-state index in [-0.39, 0.29) is 11.5 Å². The van der Waals surface area contributed by atoms with Crippen LogP contribution in [-0.2, 0) is 10.0 Å². The molecule has 2 aromatic carbocycles. The highest BCUT2D eigenvalue weighted by Gasteiger charge is 2.51. The largest absolute Gasteiger partial charge is 0.243 e. The van der Waals surface area contributed by atoms with Crippen molar-refractivity contribution in [3.05, 3.63) is 65.7 Å². The van der Waals surface area contributed by atoms with E-state index in [2.05, 4.69) is 24.3 Å². The molecule has 0 aromatic heterocycles. The van der Waals surface area contributed by atoms with E-state index in [1.807, 2.05) is 29.4 Å². The Morgan fingerprint density at radius 3 is 2.15 bits per heavy atom. The Morgan fingerprint density at radius 2 is 1.52 bits per heavy atom. The maximum Gasteiger partial charge on any atom is 0.243 e. The van der Waals surface area contributed by atoms with Crippen LogP contribution in [0.25, 0.3) is 0 Å². The number of nitrogens with zero attached hydrogens (tertiary/aromatic N) is 1. The second-order valence-electron chi connectivity index (χ2n) is 8.30. The fraction of sp³-hybridized carbons (Fsp3) is 0.478. The van der Waals surface area contributed by atoms with Crippen LogP contribution in [0.1, 0.15) is 62.0 Å². The molecular formula is C23H29NO2S. The number of sulfonamides is 1. The molecule has 0 bridgehead atoms. The molecule has 4 rings (SSSR count). The minimum absolute atomic E-state index is 0.222. The van der Waals surface area contributed by atoms with Crippen molar-refractivity contribution in [2.24, 2.45) is 0 Å². The standard InChI is InChI=1S/C23H29NO2S/c1-19-11-13-22(14-12-19)27(25,26)24-18-21(20-9-5-4-6-10-20)17-23(24)15-7-2-3-8-16-23/h4-6,9-14,21H,2-3,7-8,15-18H2,1H3. The van der Waals surface area contributed by atoms with E-state index in [1.54, 1.807) is 12.1 Å². The Kier molecular flexibility index (Phi) is 5.13. The van der Waals surface area contributed by atoms with E-state index < -0.39 is 10.0 Å². The van der Waals surface area contributed by atoms with Crippen molar-refractivity contribution in [1.29, 1.82) is 0 Å². The van der Waals surface area contributed by atoms with E-state index >= 15 is 0 Å². The summed E-state index contributed by atoms with van der Waals surface area (Å²) in [7, 11) is -3.49. The van der Waals surface area contributed by atoms with Crippen LogP contribution in [0.3, 0.4) is 0 Å². The molecule has 1 spiro atoms. The summed E-state index contributed by atoms with van der Waals surface area (Å²) in [4.78, 5) is 0.436. The molecular weight excluding hydrogens is 354 g/mol. The van der Waals surface area contributed by atoms with Crippen molar-refractivity contribution in [1.82, 2.24) is 4.31 Å². The minimum Gasteiger partial charge on any atom is -0.207 e. The molecule has 4 heteroatoms. The molecule has 1 unspecified atom stereocenters. The van der Waals surface area contributed by atoms with E-state index in [4.69, 9.17) is 0 Å². The number of hydrogen-bond acceptors (Lipinski definition) is 2. The zero-order valence-corrected chi connectivity index (χ0v) is 16.9. The Labute approximate surface area is 163 Å². The SMILES string of the molecule is Cc1ccc(S(=O)(=O)N2CC(c3ccccc3)CC23CCCCCC3)cc1. The predicted molar refractivity (Wildman–Crippen MR) is 109 cm³/mol. The normalized spacial score (nSPS) is 23.4. The molecule has 2 fully saturated rings. The molecule has 1 saturated heterocycles. The topological polar surface area (TPSA) is 37.4 Å². The van der Waals surface area contributed by atoms with Gasteiger partial charge in [-0.25, -0.2) is 8.42 Å². The van der Waals surface area contributed by atoms with Crippen molar-refractivity contribution < 1.29 is 8.42 Å². The summed E-state index contributed by atoms with van der Waals surface area (Å²) in [5.74, 6) is 0.282. The summed E-state index contributed by atoms with van der Waals surface area (Å²) in [6.45, 7) is 2.59. The summed E-state index contributed by atoms with van der Waals surface area (Å²) in [6, 6.07) is 17.8. The molecule has 0 N–H and O–H groups in total. The van der Waals surface area contributed by atoms with Crippen molar-refractivity contribution in [3.8, 4) is 0 Å². The van der Waals surface area contributed by atoms with Gasteiger partial charge in [-0.2, -0.15) is 4.31 Å². The van der Waals surface area contributed by atoms with Gasteiger partial charge in [-0.05, 0) is 49.8 Å². The van der Waals surface area contributed by atoms with Gasteiger partial charge in [0.25, 0.3) is 0 Å². The average molecular weight is 384 g/mol. The summed E-state index contributed by atoms with van der Waals surface area (Å²) in [6.07, 6.45) is 7.61. The summed E-state index contributed by atoms with van der Waals surface area (Å²) < 4.78 is 29.2. The van der Waals surface area contributed by atoms with Gasteiger partial charge in [-0.15, -0.1) is 0 Å². The number of benzene rings is 2. The lowest BCUT2D eigenvalue weighted by Crippen LogP contribution is -2.46. The molecule has 0 radical (unpaired) electrons. The van der Waals surface area contributed by atoms with E-state index in [0.29, 0.717) is 11.4 Å². The highest BCUT2D eigenvalue weighted by molar-refractivity contribution is 7.89. The van der Waals surface area contributed by atoms with Gasteiger partial charge in [0.05, 0.1) is 4.90 Å². The quantitative estimate of drug-likeness (QED) is 0.724. The van der Waals surface area contributed by atoms with E-state index in [1.165, 1.54) is 18.4 Å². The first-order valence-corrected chi connectivity index (χ1v) is 11.6. The first kappa shape index (κ1) is 18.7. The van der Waals surface area contributed by atoms with Crippen LogP contribution in [-0.4, -0.2) is 24.8 Å². The molecule has 144 valence electrons. The molecule has 3 nitrogen and oxygen atoms in total. The van der Waals surface area contributed by atoms with Gasteiger partial charge in [0.1, 0.15) is 0 Å². The third-order valence-electron chi connectivity index (χ3n) is 6.46. The Morgan fingerprint density at radius 1 is 0.889 bits per heavy atom. The second kappa shape index (κ2) is 7.40. The maximum atomic E-state index is 13.6. The van der Waals surface area contributed by atoms with Gasteiger partial charge in [0.2, 0.25) is 10.0 Å². The highest BCUT2D eigenvalue weighted by Crippen LogP contribution is 2.48. The van der Waals surface area contributed by atoms with Gasteiger partial charge in [0.15, 0.2) is 0 Å². The molecule has 2 aliphatic rings. The Balaban J connectivity index is 1.74. The monoisotopic (exact) mass is 383 g/mol. The molecule has 1 saturated carbocycles. The lowest BCUT2D eigenvalue weighted by Gasteiger charge is -2.37. The molecule has 2 aromatic rings. The van der Waals surface area contributed by atoms with Crippen LogP contribution in [0.15, 0.2) is 59.5 Å². The van der Waals surface area contributed by atoms with Crippen molar-refractivity contribution in [3.63, 3.8) is 0 Å². The first-order valence-electron chi connectivity index (χ1n) is 10.2. The van der Waals surface area contributed by atoms with Crippen LogP contribution in [0.5, 0.6) is 0 Å². The van der Waals surface area contributed by atoms with Gasteiger partial charge in [-0.1, -0.05) is 73.7 Å². The van der Waals surface area contributed by atoms with Crippen LogP contribution in [0, 0.1) is 6.92 Å². The van der Waals surface area contributed by atoms with Gasteiger partial charge < -0.3 is 0 Å². The third kappa shape index (κ3) is 3.57. The lowest BCUT2D eigenvalue weighted by atomic mass is 9.84. The second-order valence-corrected chi connectivity index (χ2v) is 10.2. The number of rotatable bonds is 3. The summed E-state index contributed by atoms with van der Waals surface area (Å²) >= 11 is 0. The fourth-order valence-electron chi connectivity index (χ4n) is 5.00. The fourth-order valence-corrected chi connectivity index (χ4v) is 6.88. The van der Waals surface area contributed by atoms with Crippen LogP contribution in [0.4, 0.5) is 0 Å². The van der Waals surface area contributed by atoms with Crippen molar-refractivity contribution in [2.45, 2.75) is 68.2 Å². The first-order chi connectivity index (χ1) is 13.0. The number of aryl methyl sites for hydroxylation is 1. The van der Waals surface area contributed by atoms with E-state index in [9.17, 15) is 8.42 Å². The predicted octanol–water partition coefficient (Wildman–Crippen LogP) is 5.27. The summed E-state index contributed by atoms with van der Waals surface area (Å²) in [5.41, 5.74) is 2.13. The molecule has 1 atom stereocenters. The van der Waals surface area contributed by atoms with Crippen LogP contribution in [0.2, 0.25) is 0 Å². The number of hydrogen-bond donors (Lipinski definition) is 0. The molecule has 1 heterocycles. The van der Waals surface area contributed by atoms with Crippen LogP contribution < -0.4 is 0 Å². The van der Waals surface area contributed by atoms with E-state index in [0.717, 1.165) is 37.7 Å².